The first-order valence-electron chi connectivity index (χ1n) is 6.78. The van der Waals surface area contributed by atoms with Crippen molar-refractivity contribution in [1.29, 1.82) is 0 Å². The topological polar surface area (TPSA) is 82.7 Å². The van der Waals surface area contributed by atoms with Gasteiger partial charge < -0.3 is 16.2 Å². The van der Waals surface area contributed by atoms with Crippen LogP contribution in [0.15, 0.2) is 24.3 Å². The van der Waals surface area contributed by atoms with Gasteiger partial charge in [0.15, 0.2) is 0 Å². The van der Waals surface area contributed by atoms with Crippen LogP contribution in [-0.2, 0) is 4.74 Å². The summed E-state index contributed by atoms with van der Waals surface area (Å²) in [4.78, 5) is 14.2. The number of rotatable bonds is 1. The molecule has 0 fully saturated rings. The van der Waals surface area contributed by atoms with Crippen LogP contribution < -0.4 is 11.5 Å². The van der Waals surface area contributed by atoms with Crippen molar-refractivity contribution in [3.63, 3.8) is 0 Å². The predicted molar refractivity (Wildman–Crippen MR) is 88.7 cm³/mol. The SMILES string of the molecule is COC(=O)c1cc(C)c(F)cc1N.[C-]#[N+]c1cc(C)c(F)cc1N. The lowest BCUT2D eigenvalue weighted by Crippen LogP contribution is -2.06. The highest BCUT2D eigenvalue weighted by atomic mass is 19.1. The van der Waals surface area contributed by atoms with Crippen LogP contribution in [0.4, 0.5) is 25.8 Å². The van der Waals surface area contributed by atoms with Crippen molar-refractivity contribution in [2.45, 2.75) is 13.8 Å². The third-order valence-corrected chi connectivity index (χ3v) is 3.16. The van der Waals surface area contributed by atoms with Crippen molar-refractivity contribution in [2.24, 2.45) is 0 Å². The highest BCUT2D eigenvalue weighted by Crippen LogP contribution is 2.24. The zero-order valence-electron chi connectivity index (χ0n) is 13.5. The standard InChI is InChI=1S/C9H10FNO2.C8H7FN2/c1-5-3-6(9(12)13-2)8(11)4-7(5)10;1-5-3-8(11-2)7(10)4-6(5)9/h3-4H,11H2,1-2H3;3-4H,10H2,1H3. The third-order valence-electron chi connectivity index (χ3n) is 3.16. The van der Waals surface area contributed by atoms with Gasteiger partial charge in [0.1, 0.15) is 11.6 Å². The van der Waals surface area contributed by atoms with Crippen molar-refractivity contribution >= 4 is 23.0 Å². The van der Waals surface area contributed by atoms with Crippen LogP contribution >= 0.6 is 0 Å². The molecule has 7 heteroatoms. The molecular weight excluding hydrogens is 316 g/mol. The average Bonchev–Trinajstić information content (AvgIpc) is 2.54. The molecule has 2 rings (SSSR count). The number of nitrogen functional groups attached to an aromatic ring is 2. The minimum atomic E-state index is -0.555. The zero-order chi connectivity index (χ0) is 18.4. The summed E-state index contributed by atoms with van der Waals surface area (Å²) in [6, 6.07) is 5.10. The van der Waals surface area contributed by atoms with E-state index in [1.54, 1.807) is 13.8 Å². The number of carbonyl (C=O) groups excluding carboxylic acids is 1. The molecule has 0 amide bonds. The Morgan fingerprint density at radius 3 is 2.04 bits per heavy atom. The second-order valence-electron chi connectivity index (χ2n) is 4.95. The maximum atomic E-state index is 12.9. The molecule has 2 aromatic rings. The molecule has 24 heavy (non-hydrogen) atoms. The molecule has 0 atom stereocenters. The fourth-order valence-electron chi connectivity index (χ4n) is 1.76. The minimum absolute atomic E-state index is 0.0925. The fourth-order valence-corrected chi connectivity index (χ4v) is 1.76. The number of benzene rings is 2. The lowest BCUT2D eigenvalue weighted by molar-refractivity contribution is 0.0602. The van der Waals surface area contributed by atoms with Gasteiger partial charge in [-0.1, -0.05) is 0 Å². The highest BCUT2D eigenvalue weighted by Gasteiger charge is 2.12. The molecule has 0 aliphatic carbocycles. The number of esters is 1. The van der Waals surface area contributed by atoms with Gasteiger partial charge in [0, 0.05) is 11.4 Å². The third kappa shape index (κ3) is 4.43. The van der Waals surface area contributed by atoms with Gasteiger partial charge in [-0.2, -0.15) is 0 Å². The van der Waals surface area contributed by atoms with Crippen LogP contribution in [0.3, 0.4) is 0 Å². The largest absolute Gasteiger partial charge is 0.465 e. The molecule has 0 aliphatic rings. The van der Waals surface area contributed by atoms with E-state index < -0.39 is 11.8 Å². The van der Waals surface area contributed by atoms with Crippen LogP contribution in [0.2, 0.25) is 0 Å². The van der Waals surface area contributed by atoms with E-state index in [0.29, 0.717) is 16.8 Å². The number of methoxy groups -OCH3 is 1. The maximum Gasteiger partial charge on any atom is 0.339 e. The summed E-state index contributed by atoms with van der Waals surface area (Å²) in [5, 5.41) is 0. The van der Waals surface area contributed by atoms with Gasteiger partial charge >= 0.3 is 5.97 Å². The zero-order valence-corrected chi connectivity index (χ0v) is 13.5. The number of nitrogens with two attached hydrogens (primary N) is 2. The summed E-state index contributed by atoms with van der Waals surface area (Å²) in [5.41, 5.74) is 12.4. The second kappa shape index (κ2) is 7.92. The Morgan fingerprint density at radius 2 is 1.54 bits per heavy atom. The maximum absolute atomic E-state index is 12.9. The van der Waals surface area contributed by atoms with Gasteiger partial charge in [-0.15, -0.1) is 0 Å². The molecule has 0 radical (unpaired) electrons. The molecule has 0 heterocycles. The summed E-state index contributed by atoms with van der Waals surface area (Å²) in [7, 11) is 1.25. The van der Waals surface area contributed by atoms with Crippen LogP contribution in [0.25, 0.3) is 4.85 Å². The second-order valence-corrected chi connectivity index (χ2v) is 4.95. The average molecular weight is 333 g/mol. The van der Waals surface area contributed by atoms with Crippen molar-refractivity contribution < 1.29 is 18.3 Å². The normalized spacial score (nSPS) is 9.50. The number of hydrogen-bond acceptors (Lipinski definition) is 4. The predicted octanol–water partition coefficient (Wildman–Crippen LogP) is 3.77. The number of carbonyl (C=O) groups is 1. The van der Waals surface area contributed by atoms with E-state index in [2.05, 4.69) is 9.58 Å². The highest BCUT2D eigenvalue weighted by molar-refractivity contribution is 5.95. The number of anilines is 2. The first-order valence-corrected chi connectivity index (χ1v) is 6.78. The van der Waals surface area contributed by atoms with E-state index in [1.165, 1.54) is 25.3 Å². The summed E-state index contributed by atoms with van der Waals surface area (Å²) >= 11 is 0. The molecule has 126 valence electrons. The molecule has 0 unspecified atom stereocenters. The summed E-state index contributed by atoms with van der Waals surface area (Å²) in [6.45, 7) is 9.83. The van der Waals surface area contributed by atoms with Crippen LogP contribution in [0, 0.1) is 32.1 Å². The molecule has 0 aromatic heterocycles. The molecular formula is C17H17F2N3O2. The van der Waals surface area contributed by atoms with Gasteiger partial charge in [-0.05, 0) is 49.2 Å². The molecule has 4 N–H and O–H groups in total. The number of nitrogens with zero attached hydrogens (tertiary/aromatic N) is 1. The molecule has 0 aliphatic heterocycles. The first kappa shape index (κ1) is 18.9. The summed E-state index contributed by atoms with van der Waals surface area (Å²) in [5.74, 6) is -1.35. The van der Waals surface area contributed by atoms with Crippen molar-refractivity contribution in [1.82, 2.24) is 0 Å². The molecule has 5 nitrogen and oxygen atoms in total. The van der Waals surface area contributed by atoms with Gasteiger partial charge in [-0.3, -0.25) is 0 Å². The monoisotopic (exact) mass is 333 g/mol. The Hall–Kier alpha value is -3.14. The number of ether oxygens (including phenoxy) is 1. The van der Waals surface area contributed by atoms with Gasteiger partial charge in [-0.25, -0.2) is 18.4 Å². The molecule has 0 bridgehead atoms. The summed E-state index contributed by atoms with van der Waals surface area (Å²) < 4.78 is 30.1. The van der Waals surface area contributed by atoms with Gasteiger partial charge in [0.2, 0.25) is 5.69 Å². The van der Waals surface area contributed by atoms with E-state index in [4.69, 9.17) is 18.0 Å². The van der Waals surface area contributed by atoms with Crippen molar-refractivity contribution in [3.05, 3.63) is 64.0 Å². The lowest BCUT2D eigenvalue weighted by Gasteiger charge is -2.05. The first-order chi connectivity index (χ1) is 11.2. The fraction of sp³-hybridized carbons (Fsp3) is 0.176. The van der Waals surface area contributed by atoms with E-state index in [0.717, 1.165) is 6.07 Å². The van der Waals surface area contributed by atoms with Gasteiger partial charge in [0.05, 0.1) is 19.2 Å². The van der Waals surface area contributed by atoms with E-state index in [9.17, 15) is 13.6 Å². The Kier molecular flexibility index (Phi) is 6.24. The van der Waals surface area contributed by atoms with Crippen LogP contribution in [-0.4, -0.2) is 13.1 Å². The van der Waals surface area contributed by atoms with Crippen LogP contribution in [0.5, 0.6) is 0 Å². The molecule has 2 aromatic carbocycles. The van der Waals surface area contributed by atoms with Gasteiger partial charge in [0.25, 0.3) is 0 Å². The summed E-state index contributed by atoms with van der Waals surface area (Å²) in [6.07, 6.45) is 0. The van der Waals surface area contributed by atoms with E-state index >= 15 is 0 Å². The molecule has 0 spiro atoms. The van der Waals surface area contributed by atoms with E-state index in [1.807, 2.05) is 0 Å². The van der Waals surface area contributed by atoms with Crippen LogP contribution in [0.1, 0.15) is 21.5 Å². The Bertz CT molecular complexity index is 814. The Morgan fingerprint density at radius 1 is 1.04 bits per heavy atom. The number of hydrogen-bond donors (Lipinski definition) is 2. The van der Waals surface area contributed by atoms with E-state index in [-0.39, 0.29) is 22.8 Å². The molecule has 0 saturated heterocycles. The lowest BCUT2D eigenvalue weighted by atomic mass is 10.1. The molecule has 0 saturated carbocycles. The number of halogens is 2. The van der Waals surface area contributed by atoms with Crippen molar-refractivity contribution in [2.75, 3.05) is 18.6 Å². The Balaban J connectivity index is 0.000000243. The number of aryl methyl sites for hydroxylation is 2. The van der Waals surface area contributed by atoms with Crippen molar-refractivity contribution in [3.8, 4) is 0 Å². The quantitative estimate of drug-likeness (QED) is 0.473. The Labute approximate surface area is 138 Å². The minimum Gasteiger partial charge on any atom is -0.465 e. The smallest absolute Gasteiger partial charge is 0.339 e.